The van der Waals surface area contributed by atoms with E-state index in [1.165, 1.54) is 13.0 Å². The van der Waals surface area contributed by atoms with Gasteiger partial charge in [0.2, 0.25) is 15.9 Å². The first-order valence-electron chi connectivity index (χ1n) is 6.80. The molecule has 0 fully saturated rings. The van der Waals surface area contributed by atoms with Crippen LogP contribution in [0.1, 0.15) is 11.1 Å². The van der Waals surface area contributed by atoms with Crippen molar-refractivity contribution in [3.8, 4) is 0 Å². The molecule has 1 amide bonds. The Morgan fingerprint density at radius 1 is 1.22 bits per heavy atom. The molecule has 1 aromatic heterocycles. The number of hydrogen-bond acceptors (Lipinski definition) is 4. The van der Waals surface area contributed by atoms with Gasteiger partial charge in [-0.05, 0) is 48.4 Å². The molecule has 2 rings (SSSR count). The number of aromatic nitrogens is 1. The van der Waals surface area contributed by atoms with E-state index < -0.39 is 28.3 Å². The number of benzene rings is 1. The Balaban J connectivity index is 1.91. The van der Waals surface area contributed by atoms with Gasteiger partial charge in [0.15, 0.2) is 0 Å². The highest BCUT2D eigenvalue weighted by atomic mass is 32.2. The Bertz CT molecular complexity index is 795. The van der Waals surface area contributed by atoms with Gasteiger partial charge >= 0.3 is 0 Å². The lowest BCUT2D eigenvalue weighted by Crippen LogP contribution is -2.36. The summed E-state index contributed by atoms with van der Waals surface area (Å²) in [6.07, 6.45) is 3.20. The smallest absolute Gasteiger partial charge is 0.241 e. The number of aryl methyl sites for hydroxylation is 1. The predicted molar refractivity (Wildman–Crippen MR) is 82.4 cm³/mol. The Hall–Kier alpha value is -2.32. The van der Waals surface area contributed by atoms with E-state index in [1.54, 1.807) is 24.5 Å². The van der Waals surface area contributed by atoms with Gasteiger partial charge < -0.3 is 5.32 Å². The molecule has 0 aliphatic rings. The van der Waals surface area contributed by atoms with Crippen LogP contribution in [0.4, 0.5) is 4.39 Å². The van der Waals surface area contributed by atoms with E-state index in [0.29, 0.717) is 0 Å². The topological polar surface area (TPSA) is 88.2 Å². The number of sulfonamides is 1. The van der Waals surface area contributed by atoms with E-state index in [9.17, 15) is 17.6 Å². The minimum absolute atomic E-state index is 0.0849. The molecule has 0 atom stereocenters. The maximum absolute atomic E-state index is 13.2. The van der Waals surface area contributed by atoms with Gasteiger partial charge in [0.05, 0.1) is 11.4 Å². The molecule has 0 spiro atoms. The van der Waals surface area contributed by atoms with Gasteiger partial charge in [-0.3, -0.25) is 9.78 Å². The molecule has 23 heavy (non-hydrogen) atoms. The number of nitrogens with one attached hydrogen (secondary N) is 2. The van der Waals surface area contributed by atoms with E-state index in [4.69, 9.17) is 0 Å². The standard InChI is InChI=1S/C15H16FN3O3S/c1-11-8-13(2-3-14(11)16)23(21,22)19-10-15(20)18-9-12-4-6-17-7-5-12/h2-8,19H,9-10H2,1H3,(H,18,20). The SMILES string of the molecule is Cc1cc(S(=O)(=O)NCC(=O)NCc2ccncc2)ccc1F. The maximum Gasteiger partial charge on any atom is 0.241 e. The highest BCUT2D eigenvalue weighted by Gasteiger charge is 2.16. The van der Waals surface area contributed by atoms with Crippen molar-refractivity contribution in [1.82, 2.24) is 15.0 Å². The first-order valence-corrected chi connectivity index (χ1v) is 8.28. The summed E-state index contributed by atoms with van der Waals surface area (Å²) in [6.45, 7) is 1.35. The lowest BCUT2D eigenvalue weighted by molar-refractivity contribution is -0.120. The van der Waals surface area contributed by atoms with Crippen LogP contribution in [0.5, 0.6) is 0 Å². The largest absolute Gasteiger partial charge is 0.351 e. The molecular weight excluding hydrogens is 321 g/mol. The van der Waals surface area contributed by atoms with Crippen molar-refractivity contribution in [2.75, 3.05) is 6.54 Å². The molecule has 0 aliphatic heterocycles. The average Bonchev–Trinajstić information content (AvgIpc) is 2.54. The summed E-state index contributed by atoms with van der Waals surface area (Å²) in [5.74, 6) is -0.955. The molecule has 2 N–H and O–H groups in total. The lowest BCUT2D eigenvalue weighted by atomic mass is 10.2. The Kier molecular flexibility index (Phi) is 5.41. The second-order valence-corrected chi connectivity index (χ2v) is 6.63. The van der Waals surface area contributed by atoms with Crippen LogP contribution in [0.25, 0.3) is 0 Å². The summed E-state index contributed by atoms with van der Waals surface area (Å²) in [4.78, 5) is 15.5. The van der Waals surface area contributed by atoms with Crippen LogP contribution in [0.15, 0.2) is 47.6 Å². The first-order chi connectivity index (χ1) is 10.9. The van der Waals surface area contributed by atoms with Gasteiger partial charge in [-0.1, -0.05) is 0 Å². The van der Waals surface area contributed by atoms with Crippen LogP contribution in [-0.2, 0) is 21.4 Å². The molecule has 0 aliphatic carbocycles. The third-order valence-corrected chi connectivity index (χ3v) is 4.50. The Morgan fingerprint density at radius 2 is 1.91 bits per heavy atom. The van der Waals surface area contributed by atoms with Crippen molar-refractivity contribution in [1.29, 1.82) is 0 Å². The van der Waals surface area contributed by atoms with Crippen molar-refractivity contribution >= 4 is 15.9 Å². The van der Waals surface area contributed by atoms with Crippen LogP contribution in [0.3, 0.4) is 0 Å². The van der Waals surface area contributed by atoms with E-state index in [2.05, 4.69) is 15.0 Å². The molecule has 8 heteroatoms. The van der Waals surface area contributed by atoms with E-state index in [-0.39, 0.29) is 17.0 Å². The zero-order chi connectivity index (χ0) is 16.9. The number of hydrogen-bond donors (Lipinski definition) is 2. The summed E-state index contributed by atoms with van der Waals surface area (Å²) in [5.41, 5.74) is 1.07. The number of carbonyl (C=O) groups is 1. The fourth-order valence-corrected chi connectivity index (χ4v) is 2.86. The number of carbonyl (C=O) groups excluding carboxylic acids is 1. The van der Waals surface area contributed by atoms with E-state index in [0.717, 1.165) is 17.7 Å². The van der Waals surface area contributed by atoms with E-state index in [1.807, 2.05) is 0 Å². The molecule has 0 saturated carbocycles. The molecule has 0 radical (unpaired) electrons. The van der Waals surface area contributed by atoms with E-state index >= 15 is 0 Å². The Labute approximate surface area is 133 Å². The van der Waals surface area contributed by atoms with Gasteiger partial charge in [0.25, 0.3) is 0 Å². The van der Waals surface area contributed by atoms with Gasteiger partial charge in [0.1, 0.15) is 5.82 Å². The predicted octanol–water partition coefficient (Wildman–Crippen LogP) is 1.12. The third kappa shape index (κ3) is 4.83. The first kappa shape index (κ1) is 17.0. The molecule has 0 saturated heterocycles. The molecule has 6 nitrogen and oxygen atoms in total. The number of nitrogens with zero attached hydrogens (tertiary/aromatic N) is 1. The number of pyridine rings is 1. The fraction of sp³-hybridized carbons (Fsp3) is 0.200. The van der Waals surface area contributed by atoms with Crippen LogP contribution in [0.2, 0.25) is 0 Å². The van der Waals surface area contributed by atoms with Gasteiger partial charge in [-0.2, -0.15) is 0 Å². The zero-order valence-electron chi connectivity index (χ0n) is 12.4. The maximum atomic E-state index is 13.2. The van der Waals surface area contributed by atoms with Crippen molar-refractivity contribution < 1.29 is 17.6 Å². The summed E-state index contributed by atoms with van der Waals surface area (Å²) in [5, 5.41) is 2.59. The summed E-state index contributed by atoms with van der Waals surface area (Å²) >= 11 is 0. The molecule has 2 aromatic rings. The van der Waals surface area contributed by atoms with Crippen molar-refractivity contribution in [3.05, 3.63) is 59.7 Å². The highest BCUT2D eigenvalue weighted by Crippen LogP contribution is 2.13. The molecule has 1 aromatic carbocycles. The monoisotopic (exact) mass is 337 g/mol. The number of amides is 1. The number of rotatable bonds is 6. The molecule has 0 unspecified atom stereocenters. The lowest BCUT2D eigenvalue weighted by Gasteiger charge is -2.08. The van der Waals surface area contributed by atoms with Gasteiger partial charge in [-0.15, -0.1) is 0 Å². The molecule has 1 heterocycles. The second-order valence-electron chi connectivity index (χ2n) is 4.87. The number of halogens is 1. The van der Waals surface area contributed by atoms with Crippen molar-refractivity contribution in [2.24, 2.45) is 0 Å². The third-order valence-electron chi connectivity index (χ3n) is 3.10. The van der Waals surface area contributed by atoms with Gasteiger partial charge in [-0.25, -0.2) is 17.5 Å². The molecular formula is C15H16FN3O3S. The summed E-state index contributed by atoms with van der Waals surface area (Å²) < 4.78 is 39.5. The molecule has 0 bridgehead atoms. The quantitative estimate of drug-likeness (QED) is 0.827. The summed E-state index contributed by atoms with van der Waals surface area (Å²) in [7, 11) is -3.87. The fourth-order valence-electron chi connectivity index (χ4n) is 1.79. The highest BCUT2D eigenvalue weighted by molar-refractivity contribution is 7.89. The minimum Gasteiger partial charge on any atom is -0.351 e. The van der Waals surface area contributed by atoms with Crippen LogP contribution >= 0.6 is 0 Å². The average molecular weight is 337 g/mol. The summed E-state index contributed by atoms with van der Waals surface area (Å²) in [6, 6.07) is 6.93. The zero-order valence-corrected chi connectivity index (χ0v) is 13.2. The van der Waals surface area contributed by atoms with Crippen LogP contribution < -0.4 is 10.0 Å². The minimum atomic E-state index is -3.87. The van der Waals surface area contributed by atoms with Crippen molar-refractivity contribution in [3.63, 3.8) is 0 Å². The Morgan fingerprint density at radius 3 is 2.57 bits per heavy atom. The van der Waals surface area contributed by atoms with Crippen LogP contribution in [-0.4, -0.2) is 25.9 Å². The van der Waals surface area contributed by atoms with Gasteiger partial charge in [0, 0.05) is 18.9 Å². The normalized spacial score (nSPS) is 11.2. The van der Waals surface area contributed by atoms with Crippen LogP contribution in [0, 0.1) is 12.7 Å². The molecule has 122 valence electrons. The van der Waals surface area contributed by atoms with Crippen molar-refractivity contribution in [2.45, 2.75) is 18.4 Å². The second kappa shape index (κ2) is 7.30.